The van der Waals surface area contributed by atoms with Gasteiger partial charge in [-0.3, -0.25) is 0 Å². The Morgan fingerprint density at radius 2 is 1.76 bits per heavy atom. The summed E-state index contributed by atoms with van der Waals surface area (Å²) in [6.07, 6.45) is -0.771. The van der Waals surface area contributed by atoms with Crippen LogP contribution in [-0.2, 0) is 0 Å². The summed E-state index contributed by atoms with van der Waals surface area (Å²) in [6, 6.07) is 14.5. The number of halogens is 1. The molecule has 0 aliphatic rings. The Balaban J connectivity index is 2.39. The van der Waals surface area contributed by atoms with E-state index in [1.54, 1.807) is 30.3 Å². The van der Waals surface area contributed by atoms with Crippen LogP contribution in [0.25, 0.3) is 22.2 Å². The molecular weight excluding hydrogens is 215 g/mol. The van der Waals surface area contributed by atoms with Crippen molar-refractivity contribution in [3.8, 4) is 11.3 Å². The van der Waals surface area contributed by atoms with E-state index in [1.165, 1.54) is 0 Å². The van der Waals surface area contributed by atoms with Gasteiger partial charge in [0.1, 0.15) is 0 Å². The highest BCUT2D eigenvalue weighted by atomic mass is 19.1. The molecule has 1 heterocycles. The minimum absolute atomic E-state index is 0.320. The van der Waals surface area contributed by atoms with Crippen LogP contribution >= 0.6 is 0 Å². The summed E-state index contributed by atoms with van der Waals surface area (Å²) in [4.78, 5) is 7.59. The van der Waals surface area contributed by atoms with E-state index in [0.717, 1.165) is 5.39 Å². The number of benzene rings is 2. The quantitative estimate of drug-likeness (QED) is 0.593. The van der Waals surface area contributed by atoms with Crippen LogP contribution < -0.4 is 0 Å². The molecule has 2 aromatic carbocycles. The third-order valence-corrected chi connectivity index (χ3v) is 2.54. The van der Waals surface area contributed by atoms with Crippen molar-refractivity contribution < 1.29 is 5.76 Å². The average Bonchev–Trinajstić information content (AvgIpc) is 2.38. The molecule has 0 N–H and O–H groups in total. The number of hydrogen-bond acceptors (Lipinski definition) is 2. The smallest absolute Gasteiger partial charge is 0.202 e. The van der Waals surface area contributed by atoms with Gasteiger partial charge in [0.05, 0.1) is 12.6 Å². The van der Waals surface area contributed by atoms with Crippen LogP contribution in [-0.4, -0.2) is 9.97 Å². The Labute approximate surface area is 99.2 Å². The molecule has 0 aliphatic heterocycles. The molecule has 1 aromatic heterocycles. The van der Waals surface area contributed by atoms with E-state index in [9.17, 15) is 4.39 Å². The largest absolute Gasteiger partial charge is 0.309 e. The first-order valence-electron chi connectivity index (χ1n) is 5.74. The van der Waals surface area contributed by atoms with Crippen molar-refractivity contribution in [2.75, 3.05) is 0 Å². The van der Waals surface area contributed by atoms with Crippen molar-refractivity contribution in [1.82, 2.24) is 9.97 Å². The lowest BCUT2D eigenvalue weighted by Crippen LogP contribution is -1.94. The van der Waals surface area contributed by atoms with Crippen LogP contribution in [0.4, 0.5) is 4.39 Å². The molecule has 0 atom stereocenters. The lowest BCUT2D eigenvalue weighted by atomic mass is 10.1. The first-order chi connectivity index (χ1) is 8.75. The molecular formula is C14H9FN2. The van der Waals surface area contributed by atoms with Gasteiger partial charge in [-0.05, 0) is 6.07 Å². The number of hydrogen-bond donors (Lipinski definition) is 0. The van der Waals surface area contributed by atoms with Crippen LogP contribution in [0.5, 0.6) is 0 Å². The predicted octanol–water partition coefficient (Wildman–Crippen LogP) is 3.44. The van der Waals surface area contributed by atoms with Crippen LogP contribution in [0.1, 0.15) is 1.37 Å². The second-order valence-electron chi connectivity index (χ2n) is 3.63. The highest BCUT2D eigenvalue weighted by Crippen LogP contribution is 2.25. The predicted molar refractivity (Wildman–Crippen MR) is 64.9 cm³/mol. The molecule has 2 nitrogen and oxygen atoms in total. The van der Waals surface area contributed by atoms with E-state index in [0.29, 0.717) is 22.8 Å². The summed E-state index contributed by atoms with van der Waals surface area (Å²) in [5.41, 5.74) is 1.61. The topological polar surface area (TPSA) is 25.8 Å². The molecule has 3 rings (SSSR count). The summed E-state index contributed by atoms with van der Waals surface area (Å²) in [7, 11) is 0. The van der Waals surface area contributed by atoms with Gasteiger partial charge < -0.3 is 0 Å². The molecule has 17 heavy (non-hydrogen) atoms. The fourth-order valence-electron chi connectivity index (χ4n) is 1.79. The summed E-state index contributed by atoms with van der Waals surface area (Å²) in [5.74, 6) is 0. The maximum Gasteiger partial charge on any atom is 0.309 e. The van der Waals surface area contributed by atoms with E-state index in [4.69, 9.17) is 1.37 Å². The minimum atomic E-state index is -0.771. The SMILES string of the molecule is [2H]c1ccccc1-c1nc(F)nc2ccccc12. The highest BCUT2D eigenvalue weighted by molar-refractivity contribution is 5.91. The van der Waals surface area contributed by atoms with E-state index in [2.05, 4.69) is 9.97 Å². The second kappa shape index (κ2) is 3.94. The summed E-state index contributed by atoms with van der Waals surface area (Å²) < 4.78 is 21.3. The normalized spacial score (nSPS) is 11.5. The molecule has 0 saturated heterocycles. The van der Waals surface area contributed by atoms with Crippen LogP contribution in [0.3, 0.4) is 0 Å². The van der Waals surface area contributed by atoms with Crippen molar-refractivity contribution in [3.63, 3.8) is 0 Å². The Morgan fingerprint density at radius 3 is 2.65 bits per heavy atom. The Bertz CT molecular complexity index is 728. The molecule has 0 spiro atoms. The Hall–Kier alpha value is -2.29. The van der Waals surface area contributed by atoms with E-state index in [-0.39, 0.29) is 0 Å². The molecule has 0 radical (unpaired) electrons. The number of para-hydroxylation sites is 1. The number of nitrogens with zero attached hydrogens (tertiary/aromatic N) is 2. The van der Waals surface area contributed by atoms with Crippen molar-refractivity contribution >= 4 is 10.9 Å². The highest BCUT2D eigenvalue weighted by Gasteiger charge is 2.08. The first kappa shape index (κ1) is 8.82. The van der Waals surface area contributed by atoms with Crippen molar-refractivity contribution in [3.05, 3.63) is 60.7 Å². The molecule has 3 heteroatoms. The lowest BCUT2D eigenvalue weighted by molar-refractivity contribution is 0.546. The zero-order valence-corrected chi connectivity index (χ0v) is 8.89. The van der Waals surface area contributed by atoms with Crippen molar-refractivity contribution in [2.24, 2.45) is 0 Å². The van der Waals surface area contributed by atoms with E-state index < -0.39 is 6.08 Å². The van der Waals surface area contributed by atoms with Gasteiger partial charge >= 0.3 is 6.08 Å². The van der Waals surface area contributed by atoms with Gasteiger partial charge in [0, 0.05) is 10.9 Å². The number of rotatable bonds is 1. The van der Waals surface area contributed by atoms with E-state index in [1.807, 2.05) is 18.2 Å². The standard InChI is InChI=1S/C14H9FN2/c15-14-16-12-9-5-4-8-11(12)13(17-14)10-6-2-1-3-7-10/h1-9H/i6D. The molecule has 82 valence electrons. The van der Waals surface area contributed by atoms with Crippen molar-refractivity contribution in [1.29, 1.82) is 0 Å². The monoisotopic (exact) mass is 225 g/mol. The average molecular weight is 225 g/mol. The third-order valence-electron chi connectivity index (χ3n) is 2.54. The fourth-order valence-corrected chi connectivity index (χ4v) is 1.79. The van der Waals surface area contributed by atoms with Gasteiger partial charge in [-0.25, -0.2) is 9.97 Å². The van der Waals surface area contributed by atoms with Gasteiger partial charge in [-0.2, -0.15) is 4.39 Å². The van der Waals surface area contributed by atoms with Gasteiger partial charge in [0.15, 0.2) is 0 Å². The fraction of sp³-hybridized carbons (Fsp3) is 0. The van der Waals surface area contributed by atoms with Crippen LogP contribution in [0.2, 0.25) is 0 Å². The van der Waals surface area contributed by atoms with Gasteiger partial charge in [-0.1, -0.05) is 48.5 Å². The number of fused-ring (bicyclic) bond motifs is 1. The van der Waals surface area contributed by atoms with Crippen LogP contribution in [0.15, 0.2) is 54.6 Å². The number of aromatic nitrogens is 2. The molecule has 0 saturated carbocycles. The van der Waals surface area contributed by atoms with E-state index >= 15 is 0 Å². The van der Waals surface area contributed by atoms with Gasteiger partial charge in [-0.15, -0.1) is 0 Å². The zero-order chi connectivity index (χ0) is 12.5. The Kier molecular flexibility index (Phi) is 2.04. The molecule has 0 aliphatic carbocycles. The van der Waals surface area contributed by atoms with Crippen LogP contribution in [0, 0.1) is 6.08 Å². The molecule has 0 amide bonds. The maximum absolute atomic E-state index is 13.4. The lowest BCUT2D eigenvalue weighted by Gasteiger charge is -2.05. The molecule has 0 bridgehead atoms. The van der Waals surface area contributed by atoms with Crippen molar-refractivity contribution in [2.45, 2.75) is 0 Å². The second-order valence-corrected chi connectivity index (χ2v) is 3.63. The summed E-state index contributed by atoms with van der Waals surface area (Å²) in [6.45, 7) is 0. The minimum Gasteiger partial charge on any atom is -0.202 e. The first-order valence-corrected chi connectivity index (χ1v) is 5.24. The molecule has 0 fully saturated rings. The third kappa shape index (κ3) is 1.76. The zero-order valence-electron chi connectivity index (χ0n) is 9.89. The Morgan fingerprint density at radius 1 is 0.941 bits per heavy atom. The summed E-state index contributed by atoms with van der Waals surface area (Å²) >= 11 is 0. The summed E-state index contributed by atoms with van der Waals surface area (Å²) in [5, 5.41) is 0.749. The van der Waals surface area contributed by atoms with Gasteiger partial charge in [0.25, 0.3) is 0 Å². The molecule has 0 unspecified atom stereocenters. The van der Waals surface area contributed by atoms with Gasteiger partial charge in [0.2, 0.25) is 0 Å². The maximum atomic E-state index is 13.4. The molecule has 3 aromatic rings.